The molecule has 1 heterocycles. The van der Waals surface area contributed by atoms with Crippen molar-refractivity contribution in [1.82, 2.24) is 5.32 Å². The summed E-state index contributed by atoms with van der Waals surface area (Å²) in [5, 5.41) is 6.44. The van der Waals surface area contributed by atoms with Gasteiger partial charge < -0.3 is 15.4 Å². The van der Waals surface area contributed by atoms with Crippen molar-refractivity contribution in [2.45, 2.75) is 33.6 Å². The van der Waals surface area contributed by atoms with E-state index in [0.717, 1.165) is 42.9 Å². The highest BCUT2D eigenvalue weighted by Crippen LogP contribution is 2.33. The van der Waals surface area contributed by atoms with Gasteiger partial charge in [-0.2, -0.15) is 0 Å². The molecule has 1 atom stereocenters. The molecule has 4 nitrogen and oxygen atoms in total. The van der Waals surface area contributed by atoms with Crippen LogP contribution in [0.25, 0.3) is 0 Å². The number of nitrogens with one attached hydrogen (secondary N) is 2. The van der Waals surface area contributed by atoms with E-state index >= 15 is 0 Å². The number of ether oxygens (including phenoxy) is 1. The molecular formula is C17H26N2O2. The van der Waals surface area contributed by atoms with Gasteiger partial charge in [-0.05, 0) is 62.5 Å². The molecule has 1 amide bonds. The normalized spacial score (nSPS) is 19.1. The molecule has 1 fully saturated rings. The second kappa shape index (κ2) is 6.48. The molecule has 0 saturated carbocycles. The van der Waals surface area contributed by atoms with Gasteiger partial charge in [0.2, 0.25) is 5.91 Å². The molecule has 0 radical (unpaired) electrons. The van der Waals surface area contributed by atoms with Crippen molar-refractivity contribution in [2.24, 2.45) is 11.3 Å². The van der Waals surface area contributed by atoms with E-state index in [9.17, 15) is 4.79 Å². The zero-order valence-corrected chi connectivity index (χ0v) is 13.5. The van der Waals surface area contributed by atoms with Gasteiger partial charge in [0.25, 0.3) is 0 Å². The van der Waals surface area contributed by atoms with Gasteiger partial charge in [-0.15, -0.1) is 0 Å². The highest BCUT2D eigenvalue weighted by atomic mass is 16.5. The lowest BCUT2D eigenvalue weighted by molar-refractivity contribution is -0.127. The molecule has 1 aliphatic rings. The molecule has 1 unspecified atom stereocenters. The molecule has 1 aromatic carbocycles. The van der Waals surface area contributed by atoms with Crippen LogP contribution in [0.2, 0.25) is 0 Å². The third-order valence-electron chi connectivity index (χ3n) is 4.56. The zero-order chi connectivity index (χ0) is 15.5. The smallest absolute Gasteiger partial charge is 0.230 e. The molecule has 0 aliphatic carbocycles. The number of hydrogen-bond donors (Lipinski definition) is 2. The molecule has 21 heavy (non-hydrogen) atoms. The predicted molar refractivity (Wildman–Crippen MR) is 85.7 cm³/mol. The van der Waals surface area contributed by atoms with Crippen molar-refractivity contribution in [3.8, 4) is 5.75 Å². The predicted octanol–water partition coefficient (Wildman–Crippen LogP) is 2.97. The Balaban J connectivity index is 2.07. The minimum atomic E-state index is -0.374. The van der Waals surface area contributed by atoms with Crippen LogP contribution in [0.1, 0.15) is 32.3 Å². The fourth-order valence-electron chi connectivity index (χ4n) is 2.90. The lowest BCUT2D eigenvalue weighted by Gasteiger charge is -2.36. The molecule has 1 aliphatic heterocycles. The van der Waals surface area contributed by atoms with Crippen LogP contribution in [0.15, 0.2) is 18.2 Å². The van der Waals surface area contributed by atoms with Crippen molar-refractivity contribution in [2.75, 3.05) is 25.5 Å². The SMILES string of the molecule is COc1ccc(NC(=O)C(C)(C)C2CCCNC2)cc1C. The number of aryl methyl sites for hydroxylation is 1. The van der Waals surface area contributed by atoms with E-state index < -0.39 is 0 Å². The van der Waals surface area contributed by atoms with Gasteiger partial charge in [0, 0.05) is 11.1 Å². The van der Waals surface area contributed by atoms with E-state index in [1.165, 1.54) is 0 Å². The molecule has 116 valence electrons. The van der Waals surface area contributed by atoms with Crippen molar-refractivity contribution < 1.29 is 9.53 Å². The Morgan fingerprint density at radius 2 is 2.19 bits per heavy atom. The van der Waals surface area contributed by atoms with Gasteiger partial charge in [-0.25, -0.2) is 0 Å². The number of amides is 1. The van der Waals surface area contributed by atoms with Gasteiger partial charge in [0.05, 0.1) is 7.11 Å². The summed E-state index contributed by atoms with van der Waals surface area (Å²) in [5.74, 6) is 1.30. The van der Waals surface area contributed by atoms with Crippen LogP contribution < -0.4 is 15.4 Å². The van der Waals surface area contributed by atoms with Crippen LogP contribution in [-0.2, 0) is 4.79 Å². The number of carbonyl (C=O) groups is 1. The summed E-state index contributed by atoms with van der Waals surface area (Å²) in [5.41, 5.74) is 1.48. The van der Waals surface area contributed by atoms with Crippen molar-refractivity contribution in [3.05, 3.63) is 23.8 Å². The lowest BCUT2D eigenvalue weighted by Crippen LogP contribution is -2.44. The maximum Gasteiger partial charge on any atom is 0.230 e. The lowest BCUT2D eigenvalue weighted by atomic mass is 9.74. The Labute approximate surface area is 127 Å². The summed E-state index contributed by atoms with van der Waals surface area (Å²) >= 11 is 0. The van der Waals surface area contributed by atoms with E-state index in [0.29, 0.717) is 5.92 Å². The number of carbonyl (C=O) groups excluding carboxylic acids is 1. The molecule has 0 aromatic heterocycles. The number of benzene rings is 1. The van der Waals surface area contributed by atoms with Crippen LogP contribution >= 0.6 is 0 Å². The van der Waals surface area contributed by atoms with Gasteiger partial charge in [0.1, 0.15) is 5.75 Å². The summed E-state index contributed by atoms with van der Waals surface area (Å²) < 4.78 is 5.25. The summed E-state index contributed by atoms with van der Waals surface area (Å²) in [7, 11) is 1.65. The first kappa shape index (κ1) is 15.8. The number of rotatable bonds is 4. The molecule has 4 heteroatoms. The summed E-state index contributed by atoms with van der Waals surface area (Å²) in [6.07, 6.45) is 2.25. The highest BCUT2D eigenvalue weighted by Gasteiger charge is 2.37. The first-order valence-electron chi connectivity index (χ1n) is 7.62. The number of piperidine rings is 1. The first-order chi connectivity index (χ1) is 9.95. The quantitative estimate of drug-likeness (QED) is 0.896. The Morgan fingerprint density at radius 3 is 2.76 bits per heavy atom. The number of anilines is 1. The van der Waals surface area contributed by atoms with Crippen LogP contribution in [0.5, 0.6) is 5.75 Å². The standard InChI is InChI=1S/C17H26N2O2/c1-12-10-14(7-8-15(12)21-4)19-16(20)17(2,3)13-6-5-9-18-11-13/h7-8,10,13,18H,5-6,9,11H2,1-4H3,(H,19,20). The molecule has 2 rings (SSSR count). The molecule has 0 bridgehead atoms. The average molecular weight is 290 g/mol. The first-order valence-corrected chi connectivity index (χ1v) is 7.62. The minimum Gasteiger partial charge on any atom is -0.496 e. The van der Waals surface area contributed by atoms with Crippen LogP contribution in [0.4, 0.5) is 5.69 Å². The second-order valence-corrected chi connectivity index (χ2v) is 6.40. The fourth-order valence-corrected chi connectivity index (χ4v) is 2.90. The van der Waals surface area contributed by atoms with Crippen molar-refractivity contribution in [3.63, 3.8) is 0 Å². The van der Waals surface area contributed by atoms with Crippen LogP contribution in [0.3, 0.4) is 0 Å². The Morgan fingerprint density at radius 1 is 1.43 bits per heavy atom. The molecular weight excluding hydrogens is 264 g/mol. The van der Waals surface area contributed by atoms with E-state index in [4.69, 9.17) is 4.74 Å². The summed E-state index contributed by atoms with van der Waals surface area (Å²) in [6, 6.07) is 5.73. The highest BCUT2D eigenvalue weighted by molar-refractivity contribution is 5.95. The zero-order valence-electron chi connectivity index (χ0n) is 13.5. The monoisotopic (exact) mass is 290 g/mol. The summed E-state index contributed by atoms with van der Waals surface area (Å²) in [6.45, 7) is 8.03. The molecule has 0 spiro atoms. The van der Waals surface area contributed by atoms with Gasteiger partial charge in [0.15, 0.2) is 0 Å². The number of hydrogen-bond acceptors (Lipinski definition) is 3. The molecule has 1 saturated heterocycles. The Kier molecular flexibility index (Phi) is 4.88. The third kappa shape index (κ3) is 3.56. The Bertz CT molecular complexity index is 506. The van der Waals surface area contributed by atoms with Crippen LogP contribution in [-0.4, -0.2) is 26.1 Å². The largest absolute Gasteiger partial charge is 0.496 e. The second-order valence-electron chi connectivity index (χ2n) is 6.40. The number of methoxy groups -OCH3 is 1. The van der Waals surface area contributed by atoms with Crippen LogP contribution in [0, 0.1) is 18.3 Å². The van der Waals surface area contributed by atoms with E-state index in [1.54, 1.807) is 7.11 Å². The topological polar surface area (TPSA) is 50.4 Å². The van der Waals surface area contributed by atoms with E-state index in [-0.39, 0.29) is 11.3 Å². The van der Waals surface area contributed by atoms with Gasteiger partial charge >= 0.3 is 0 Å². The third-order valence-corrected chi connectivity index (χ3v) is 4.56. The van der Waals surface area contributed by atoms with Crippen molar-refractivity contribution in [1.29, 1.82) is 0 Å². The summed E-state index contributed by atoms with van der Waals surface area (Å²) in [4.78, 5) is 12.6. The molecule has 1 aromatic rings. The van der Waals surface area contributed by atoms with Crippen molar-refractivity contribution >= 4 is 11.6 Å². The average Bonchev–Trinajstić information content (AvgIpc) is 2.48. The Hall–Kier alpha value is -1.55. The minimum absolute atomic E-state index is 0.0840. The molecule has 2 N–H and O–H groups in total. The van der Waals surface area contributed by atoms with Gasteiger partial charge in [-0.1, -0.05) is 13.8 Å². The maximum atomic E-state index is 12.6. The fraction of sp³-hybridized carbons (Fsp3) is 0.588. The maximum absolute atomic E-state index is 12.6. The van der Waals surface area contributed by atoms with Gasteiger partial charge in [-0.3, -0.25) is 4.79 Å². The van der Waals surface area contributed by atoms with E-state index in [1.807, 2.05) is 39.0 Å². The van der Waals surface area contributed by atoms with E-state index in [2.05, 4.69) is 10.6 Å².